The molecule has 0 aromatic heterocycles. The van der Waals surface area contributed by atoms with E-state index < -0.39 is 0 Å². The Labute approximate surface area is 97.6 Å². The van der Waals surface area contributed by atoms with Gasteiger partial charge >= 0.3 is 0 Å². The maximum Gasteiger partial charge on any atom is 0.238 e. The summed E-state index contributed by atoms with van der Waals surface area (Å²) in [7, 11) is 0. The number of halogens is 1. The van der Waals surface area contributed by atoms with Crippen molar-refractivity contribution >= 4 is 27.5 Å². The van der Waals surface area contributed by atoms with E-state index in [-0.39, 0.29) is 17.3 Å². The van der Waals surface area contributed by atoms with Gasteiger partial charge in [0.2, 0.25) is 5.91 Å². The van der Waals surface area contributed by atoms with E-state index in [9.17, 15) is 4.79 Å². The van der Waals surface area contributed by atoms with E-state index in [1.54, 1.807) is 12.1 Å². The largest absolute Gasteiger partial charge is 0.392 e. The molecular formula is C11H14BrNO2. The maximum absolute atomic E-state index is 11.6. The lowest BCUT2D eigenvalue weighted by atomic mass is 10.2. The second-order valence-corrected chi connectivity index (χ2v) is 4.29. The molecule has 0 bridgehead atoms. The molecule has 0 fully saturated rings. The Morgan fingerprint density at radius 1 is 1.53 bits per heavy atom. The van der Waals surface area contributed by atoms with Crippen LogP contribution in [0.15, 0.2) is 24.3 Å². The Hall–Kier alpha value is -0.870. The second-order valence-electron chi connectivity index (χ2n) is 3.18. The lowest BCUT2D eigenvalue weighted by Gasteiger charge is -2.11. The number of carbonyl (C=O) groups is 1. The fourth-order valence-corrected chi connectivity index (χ4v) is 1.29. The van der Waals surface area contributed by atoms with Crippen molar-refractivity contribution in [3.8, 4) is 0 Å². The highest BCUT2D eigenvalue weighted by molar-refractivity contribution is 9.10. The number of rotatable bonds is 4. The molecule has 0 heterocycles. The molecule has 1 unspecified atom stereocenters. The number of hydrogen-bond donors (Lipinski definition) is 2. The summed E-state index contributed by atoms with van der Waals surface area (Å²) >= 11 is 3.27. The molecule has 1 rings (SSSR count). The van der Waals surface area contributed by atoms with Crippen molar-refractivity contribution in [1.29, 1.82) is 0 Å². The maximum atomic E-state index is 11.6. The van der Waals surface area contributed by atoms with E-state index in [0.29, 0.717) is 5.69 Å². The predicted octanol–water partition coefficient (Wildman–Crippen LogP) is 2.29. The van der Waals surface area contributed by atoms with Gasteiger partial charge in [-0.15, -0.1) is 0 Å². The highest BCUT2D eigenvalue weighted by Crippen LogP contribution is 2.16. The molecule has 0 radical (unpaired) electrons. The van der Waals surface area contributed by atoms with Gasteiger partial charge < -0.3 is 10.4 Å². The number of amides is 1. The van der Waals surface area contributed by atoms with Gasteiger partial charge in [0.05, 0.1) is 11.4 Å². The van der Waals surface area contributed by atoms with Crippen LogP contribution in [0, 0.1) is 0 Å². The van der Waals surface area contributed by atoms with Crippen molar-refractivity contribution in [2.45, 2.75) is 24.8 Å². The molecular weight excluding hydrogens is 258 g/mol. The first-order valence-corrected chi connectivity index (χ1v) is 5.74. The molecule has 2 N–H and O–H groups in total. The van der Waals surface area contributed by atoms with Gasteiger partial charge in [-0.1, -0.05) is 41.1 Å². The monoisotopic (exact) mass is 271 g/mol. The van der Waals surface area contributed by atoms with Crippen LogP contribution >= 0.6 is 15.9 Å². The van der Waals surface area contributed by atoms with Crippen LogP contribution < -0.4 is 5.32 Å². The predicted molar refractivity (Wildman–Crippen MR) is 64.0 cm³/mol. The molecule has 1 atom stereocenters. The number of nitrogens with one attached hydrogen (secondary N) is 1. The SMILES string of the molecule is CCC(Br)C(=O)Nc1ccccc1CO. The van der Waals surface area contributed by atoms with E-state index in [1.165, 1.54) is 0 Å². The summed E-state index contributed by atoms with van der Waals surface area (Å²) < 4.78 is 0. The highest BCUT2D eigenvalue weighted by Gasteiger charge is 2.13. The third-order valence-corrected chi connectivity index (χ3v) is 3.15. The Kier molecular flexibility index (Phi) is 4.78. The van der Waals surface area contributed by atoms with Gasteiger partial charge in [0.1, 0.15) is 0 Å². The van der Waals surface area contributed by atoms with Crippen molar-refractivity contribution in [3.63, 3.8) is 0 Å². The molecule has 0 saturated heterocycles. The average molecular weight is 272 g/mol. The second kappa shape index (κ2) is 5.88. The fourth-order valence-electron chi connectivity index (χ4n) is 1.18. The van der Waals surface area contributed by atoms with Crippen LogP contribution in [0.25, 0.3) is 0 Å². The minimum atomic E-state index is -0.191. The van der Waals surface area contributed by atoms with E-state index >= 15 is 0 Å². The Morgan fingerprint density at radius 2 is 2.20 bits per heavy atom. The lowest BCUT2D eigenvalue weighted by molar-refractivity contribution is -0.115. The van der Waals surface area contributed by atoms with E-state index in [0.717, 1.165) is 12.0 Å². The van der Waals surface area contributed by atoms with Crippen LogP contribution in [-0.4, -0.2) is 15.8 Å². The van der Waals surface area contributed by atoms with Crippen LogP contribution in [0.4, 0.5) is 5.69 Å². The van der Waals surface area contributed by atoms with Crippen LogP contribution in [0.5, 0.6) is 0 Å². The summed E-state index contributed by atoms with van der Waals surface area (Å²) in [5.41, 5.74) is 1.39. The first-order chi connectivity index (χ1) is 7.19. The molecule has 0 spiro atoms. The van der Waals surface area contributed by atoms with Gasteiger partial charge in [0.25, 0.3) is 0 Å². The standard InChI is InChI=1S/C11H14BrNO2/c1-2-9(12)11(15)13-10-6-4-3-5-8(10)7-14/h3-6,9,14H,2,7H2,1H3,(H,13,15). The Balaban J connectivity index is 2.76. The molecule has 0 saturated carbocycles. The normalized spacial score (nSPS) is 12.2. The summed E-state index contributed by atoms with van der Waals surface area (Å²) in [5.74, 6) is -0.0848. The van der Waals surface area contributed by atoms with E-state index in [2.05, 4.69) is 21.2 Å². The first kappa shape index (κ1) is 12.2. The topological polar surface area (TPSA) is 49.3 Å². The molecule has 1 amide bonds. The fraction of sp³-hybridized carbons (Fsp3) is 0.364. The van der Waals surface area contributed by atoms with Crippen molar-refractivity contribution in [1.82, 2.24) is 0 Å². The number of carbonyl (C=O) groups excluding carboxylic acids is 1. The van der Waals surface area contributed by atoms with Gasteiger partial charge in [-0.2, -0.15) is 0 Å². The molecule has 0 aliphatic carbocycles. The van der Waals surface area contributed by atoms with Crippen LogP contribution in [0.3, 0.4) is 0 Å². The minimum absolute atomic E-state index is 0.0739. The summed E-state index contributed by atoms with van der Waals surface area (Å²) in [6.07, 6.45) is 0.729. The molecule has 0 aliphatic rings. The number of alkyl halides is 1. The average Bonchev–Trinajstić information content (AvgIpc) is 2.28. The zero-order valence-corrected chi connectivity index (χ0v) is 10.1. The van der Waals surface area contributed by atoms with Crippen molar-refractivity contribution in [2.24, 2.45) is 0 Å². The van der Waals surface area contributed by atoms with Crippen molar-refractivity contribution in [2.75, 3.05) is 5.32 Å². The van der Waals surface area contributed by atoms with Gasteiger partial charge in [-0.3, -0.25) is 4.79 Å². The first-order valence-electron chi connectivity index (χ1n) is 4.82. The van der Waals surface area contributed by atoms with Crippen molar-refractivity contribution < 1.29 is 9.90 Å². The zero-order valence-electron chi connectivity index (χ0n) is 8.53. The number of aliphatic hydroxyl groups is 1. The van der Waals surface area contributed by atoms with E-state index in [4.69, 9.17) is 5.11 Å². The number of anilines is 1. The lowest BCUT2D eigenvalue weighted by Crippen LogP contribution is -2.22. The molecule has 1 aromatic carbocycles. The summed E-state index contributed by atoms with van der Waals surface area (Å²) in [6.45, 7) is 1.85. The molecule has 3 nitrogen and oxygen atoms in total. The molecule has 82 valence electrons. The summed E-state index contributed by atoms with van der Waals surface area (Å²) in [6, 6.07) is 7.21. The Bertz CT molecular complexity index is 341. The molecule has 4 heteroatoms. The third kappa shape index (κ3) is 3.32. The molecule has 15 heavy (non-hydrogen) atoms. The van der Waals surface area contributed by atoms with Gasteiger partial charge in [0, 0.05) is 11.3 Å². The number of hydrogen-bond acceptors (Lipinski definition) is 2. The Morgan fingerprint density at radius 3 is 2.80 bits per heavy atom. The molecule has 1 aromatic rings. The number of para-hydroxylation sites is 1. The zero-order chi connectivity index (χ0) is 11.3. The van der Waals surface area contributed by atoms with Crippen molar-refractivity contribution in [3.05, 3.63) is 29.8 Å². The quantitative estimate of drug-likeness (QED) is 0.826. The van der Waals surface area contributed by atoms with Gasteiger partial charge in [0.15, 0.2) is 0 Å². The summed E-state index contributed by atoms with van der Waals surface area (Å²) in [4.78, 5) is 11.4. The van der Waals surface area contributed by atoms with Crippen LogP contribution in [0.2, 0.25) is 0 Å². The number of benzene rings is 1. The molecule has 0 aliphatic heterocycles. The summed E-state index contributed by atoms with van der Waals surface area (Å²) in [5, 5.41) is 11.8. The highest BCUT2D eigenvalue weighted by atomic mass is 79.9. The third-order valence-electron chi connectivity index (χ3n) is 2.09. The van der Waals surface area contributed by atoms with Gasteiger partial charge in [-0.05, 0) is 12.5 Å². The minimum Gasteiger partial charge on any atom is -0.392 e. The van der Waals surface area contributed by atoms with E-state index in [1.807, 2.05) is 19.1 Å². The van der Waals surface area contributed by atoms with Crippen LogP contribution in [-0.2, 0) is 11.4 Å². The smallest absolute Gasteiger partial charge is 0.238 e. The van der Waals surface area contributed by atoms with Gasteiger partial charge in [-0.25, -0.2) is 0 Å². The number of aliphatic hydroxyl groups excluding tert-OH is 1. The van der Waals surface area contributed by atoms with Crippen LogP contribution in [0.1, 0.15) is 18.9 Å².